The van der Waals surface area contributed by atoms with E-state index < -0.39 is 0 Å². The Labute approximate surface area is 101 Å². The van der Waals surface area contributed by atoms with Crippen molar-refractivity contribution in [1.82, 2.24) is 14.9 Å². The molecule has 0 saturated heterocycles. The third kappa shape index (κ3) is 3.56. The van der Waals surface area contributed by atoms with Crippen LogP contribution in [-0.2, 0) is 0 Å². The number of rotatable bonds is 5. The molecular weight excluding hydrogens is 222 g/mol. The number of hydrogen-bond acceptors (Lipinski definition) is 4. The highest BCUT2D eigenvalue weighted by Gasteiger charge is 2.19. The summed E-state index contributed by atoms with van der Waals surface area (Å²) < 4.78 is 3.67. The van der Waals surface area contributed by atoms with Crippen molar-refractivity contribution in [3.63, 3.8) is 0 Å². The molecule has 1 N–H and O–H groups in total. The van der Waals surface area contributed by atoms with Crippen LogP contribution in [0.3, 0.4) is 0 Å². The fourth-order valence-electron chi connectivity index (χ4n) is 1.81. The second-order valence-electron chi connectivity index (χ2n) is 4.65. The minimum Gasteiger partial charge on any atom is -0.350 e. The summed E-state index contributed by atoms with van der Waals surface area (Å²) in [6, 6.07) is 0. The second-order valence-corrected chi connectivity index (χ2v) is 5.26. The molecule has 0 bridgehead atoms. The molecule has 0 aliphatic heterocycles. The normalized spacial score (nSPS) is 11.4. The van der Waals surface area contributed by atoms with Crippen molar-refractivity contribution in [3.05, 3.63) is 11.1 Å². The fraction of sp³-hybridized carbons (Fsp3) is 0.727. The molecule has 0 fully saturated rings. The molecular formula is C11H19N3OS. The van der Waals surface area contributed by atoms with Crippen LogP contribution in [0.5, 0.6) is 0 Å². The fourth-order valence-corrected chi connectivity index (χ4v) is 2.24. The Kier molecular flexibility index (Phi) is 4.86. The average molecular weight is 241 g/mol. The molecule has 0 radical (unpaired) electrons. The van der Waals surface area contributed by atoms with Gasteiger partial charge in [0, 0.05) is 11.9 Å². The number of nitrogens with zero attached hydrogens (tertiary/aromatic N) is 2. The van der Waals surface area contributed by atoms with Crippen LogP contribution in [0.1, 0.15) is 38.2 Å². The van der Waals surface area contributed by atoms with Gasteiger partial charge in [0.2, 0.25) is 0 Å². The first-order valence-corrected chi connectivity index (χ1v) is 6.41. The van der Waals surface area contributed by atoms with E-state index in [0.717, 1.165) is 0 Å². The van der Waals surface area contributed by atoms with E-state index in [-0.39, 0.29) is 5.91 Å². The van der Waals surface area contributed by atoms with E-state index in [1.807, 2.05) is 0 Å². The molecule has 0 saturated carbocycles. The van der Waals surface area contributed by atoms with Gasteiger partial charge in [-0.25, -0.2) is 0 Å². The van der Waals surface area contributed by atoms with E-state index in [0.29, 0.717) is 30.0 Å². The molecule has 1 aromatic rings. The van der Waals surface area contributed by atoms with Crippen LogP contribution < -0.4 is 5.32 Å². The smallest absolute Gasteiger partial charge is 0.272 e. The van der Waals surface area contributed by atoms with Gasteiger partial charge in [0.05, 0.1) is 0 Å². The summed E-state index contributed by atoms with van der Waals surface area (Å²) in [7, 11) is 0. The van der Waals surface area contributed by atoms with E-state index in [1.54, 1.807) is 5.38 Å². The average Bonchev–Trinajstić information content (AvgIpc) is 2.69. The molecule has 5 heteroatoms. The second kappa shape index (κ2) is 5.94. The Hall–Kier alpha value is -0.970. The quantitative estimate of drug-likeness (QED) is 0.859. The molecule has 0 spiro atoms. The maximum absolute atomic E-state index is 11.6. The van der Waals surface area contributed by atoms with Crippen LogP contribution in [0.4, 0.5) is 0 Å². The Morgan fingerprint density at radius 3 is 2.44 bits per heavy atom. The zero-order valence-corrected chi connectivity index (χ0v) is 11.0. The summed E-state index contributed by atoms with van der Waals surface area (Å²) in [5.74, 6) is 1.50. The third-order valence-electron chi connectivity index (χ3n) is 2.80. The van der Waals surface area contributed by atoms with Gasteiger partial charge < -0.3 is 5.32 Å². The summed E-state index contributed by atoms with van der Waals surface area (Å²) >= 11 is 1.19. The molecule has 0 aliphatic rings. The standard InChI is InChI=1S/C11H19N3OS/c1-7(2)9(8(3)4)5-12-11(15)10-6-16-14-13-10/h6-9H,5H2,1-4H3,(H,12,15). The lowest BCUT2D eigenvalue weighted by Crippen LogP contribution is -2.34. The van der Waals surface area contributed by atoms with Crippen molar-refractivity contribution < 1.29 is 4.79 Å². The lowest BCUT2D eigenvalue weighted by molar-refractivity contribution is 0.0932. The first-order chi connectivity index (χ1) is 7.52. The maximum Gasteiger partial charge on any atom is 0.272 e. The van der Waals surface area contributed by atoms with Crippen LogP contribution in [-0.4, -0.2) is 22.0 Å². The van der Waals surface area contributed by atoms with E-state index in [1.165, 1.54) is 11.5 Å². The number of nitrogens with one attached hydrogen (secondary N) is 1. The number of amides is 1. The van der Waals surface area contributed by atoms with E-state index in [9.17, 15) is 4.79 Å². The highest BCUT2D eigenvalue weighted by Crippen LogP contribution is 2.19. The Morgan fingerprint density at radius 1 is 1.38 bits per heavy atom. The summed E-state index contributed by atoms with van der Waals surface area (Å²) in [6.45, 7) is 9.43. The van der Waals surface area contributed by atoms with Gasteiger partial charge in [-0.05, 0) is 29.3 Å². The van der Waals surface area contributed by atoms with Crippen molar-refractivity contribution in [3.8, 4) is 0 Å². The molecule has 4 nitrogen and oxygen atoms in total. The van der Waals surface area contributed by atoms with Crippen molar-refractivity contribution in [1.29, 1.82) is 0 Å². The van der Waals surface area contributed by atoms with Gasteiger partial charge in [-0.2, -0.15) is 0 Å². The van der Waals surface area contributed by atoms with E-state index in [4.69, 9.17) is 0 Å². The van der Waals surface area contributed by atoms with Gasteiger partial charge in [0.25, 0.3) is 5.91 Å². The van der Waals surface area contributed by atoms with Crippen molar-refractivity contribution in [2.45, 2.75) is 27.7 Å². The number of aromatic nitrogens is 2. The molecule has 1 amide bonds. The highest BCUT2D eigenvalue weighted by molar-refractivity contribution is 7.03. The number of carbonyl (C=O) groups is 1. The van der Waals surface area contributed by atoms with Crippen LogP contribution in [0, 0.1) is 17.8 Å². The topological polar surface area (TPSA) is 54.9 Å². The number of carbonyl (C=O) groups excluding carboxylic acids is 1. The Bertz CT molecular complexity index is 314. The zero-order valence-electron chi connectivity index (χ0n) is 10.2. The minimum atomic E-state index is -0.125. The lowest BCUT2D eigenvalue weighted by atomic mass is 9.85. The first-order valence-electron chi connectivity index (χ1n) is 5.57. The summed E-state index contributed by atoms with van der Waals surface area (Å²) in [4.78, 5) is 11.6. The molecule has 1 heterocycles. The molecule has 0 atom stereocenters. The molecule has 90 valence electrons. The highest BCUT2D eigenvalue weighted by atomic mass is 32.1. The summed E-state index contributed by atoms with van der Waals surface area (Å²) in [6.07, 6.45) is 0. The molecule has 0 aliphatic carbocycles. The Morgan fingerprint density at radius 2 is 2.00 bits per heavy atom. The molecule has 1 rings (SSSR count). The van der Waals surface area contributed by atoms with Gasteiger partial charge in [-0.3, -0.25) is 4.79 Å². The van der Waals surface area contributed by atoms with Gasteiger partial charge in [-0.1, -0.05) is 32.2 Å². The van der Waals surface area contributed by atoms with E-state index in [2.05, 4.69) is 42.6 Å². The van der Waals surface area contributed by atoms with Crippen LogP contribution in [0.15, 0.2) is 5.38 Å². The van der Waals surface area contributed by atoms with Gasteiger partial charge in [0.15, 0.2) is 5.69 Å². The SMILES string of the molecule is CC(C)C(CNC(=O)c1csnn1)C(C)C. The van der Waals surface area contributed by atoms with Crippen molar-refractivity contribution >= 4 is 17.4 Å². The summed E-state index contributed by atoms with van der Waals surface area (Å²) in [5, 5.41) is 8.32. The number of hydrogen-bond donors (Lipinski definition) is 1. The van der Waals surface area contributed by atoms with Gasteiger partial charge in [0.1, 0.15) is 0 Å². The largest absolute Gasteiger partial charge is 0.350 e. The lowest BCUT2D eigenvalue weighted by Gasteiger charge is -2.24. The van der Waals surface area contributed by atoms with Crippen molar-refractivity contribution in [2.24, 2.45) is 17.8 Å². The zero-order chi connectivity index (χ0) is 12.1. The van der Waals surface area contributed by atoms with Crippen LogP contribution in [0.25, 0.3) is 0 Å². The molecule has 16 heavy (non-hydrogen) atoms. The molecule has 0 unspecified atom stereocenters. The maximum atomic E-state index is 11.6. The third-order valence-corrected chi connectivity index (χ3v) is 3.31. The Balaban J connectivity index is 2.47. The molecule has 1 aromatic heterocycles. The predicted molar refractivity (Wildman–Crippen MR) is 65.4 cm³/mol. The van der Waals surface area contributed by atoms with E-state index >= 15 is 0 Å². The van der Waals surface area contributed by atoms with Crippen molar-refractivity contribution in [2.75, 3.05) is 6.54 Å². The van der Waals surface area contributed by atoms with Crippen LogP contribution >= 0.6 is 11.5 Å². The van der Waals surface area contributed by atoms with Gasteiger partial charge >= 0.3 is 0 Å². The minimum absolute atomic E-state index is 0.125. The summed E-state index contributed by atoms with van der Waals surface area (Å²) in [5.41, 5.74) is 0.413. The van der Waals surface area contributed by atoms with Gasteiger partial charge in [-0.15, -0.1) is 5.10 Å². The predicted octanol–water partition coefficient (Wildman–Crippen LogP) is 2.20. The molecule has 0 aromatic carbocycles. The van der Waals surface area contributed by atoms with Crippen LogP contribution in [0.2, 0.25) is 0 Å². The monoisotopic (exact) mass is 241 g/mol. The first kappa shape index (κ1) is 13.1.